The summed E-state index contributed by atoms with van der Waals surface area (Å²) in [6.07, 6.45) is 0. The summed E-state index contributed by atoms with van der Waals surface area (Å²) in [5.41, 5.74) is 0. The Labute approximate surface area is 289 Å². The fourth-order valence-electron chi connectivity index (χ4n) is 5.16. The molecule has 3 heterocycles. The molecule has 230 valence electrons. The molecule has 0 unspecified atom stereocenters. The first-order chi connectivity index (χ1) is 20.8. The van der Waals surface area contributed by atoms with Crippen LogP contribution in [0.3, 0.4) is 0 Å². The third-order valence-corrected chi connectivity index (χ3v) is 13.7. The monoisotopic (exact) mass is 773 g/mol. The van der Waals surface area contributed by atoms with E-state index in [-0.39, 0.29) is 74.7 Å². The van der Waals surface area contributed by atoms with Gasteiger partial charge >= 0.3 is 272 Å². The molecule has 7 nitrogen and oxygen atoms in total. The minimum atomic E-state index is -6.66. The zero-order valence-electron chi connectivity index (χ0n) is 22.1. The van der Waals surface area contributed by atoms with Crippen molar-refractivity contribution in [1.29, 1.82) is 0 Å². The van der Waals surface area contributed by atoms with Crippen LogP contribution in [0.25, 0.3) is 21.5 Å². The van der Waals surface area contributed by atoms with Gasteiger partial charge in [-0.15, -0.1) is 0 Å². The molecule has 0 amide bonds. The van der Waals surface area contributed by atoms with Crippen molar-refractivity contribution < 1.29 is 32.5 Å². The van der Waals surface area contributed by atoms with Crippen LogP contribution in [0.4, 0.5) is 0 Å². The number of rotatable bonds is 0. The van der Waals surface area contributed by atoms with Gasteiger partial charge in [0.25, 0.3) is 0 Å². The van der Waals surface area contributed by atoms with E-state index in [9.17, 15) is 0 Å². The standard InChI is InChI=1S/C26H8Cl8O6P.C2H7N/c27-13-14(28)18(32)24-23(17(13)31)37-41(38-24,39-25-19(33)15(29)16(30)20(34)26(25)40-41)35-21-11-7-3-1-5-9(11)10-6-2-4-8-12(10)22(21)36-41;1-3-2/h1-8H;3H,1-2H3/q-1;/p+1. The van der Waals surface area contributed by atoms with E-state index in [0.29, 0.717) is 10.8 Å². The van der Waals surface area contributed by atoms with E-state index in [4.69, 9.17) is 120 Å². The second-order valence-corrected chi connectivity index (χ2v) is 16.2. The summed E-state index contributed by atoms with van der Waals surface area (Å²) in [7, 11) is -2.66. The van der Waals surface area contributed by atoms with E-state index in [2.05, 4.69) is 0 Å². The van der Waals surface area contributed by atoms with Crippen LogP contribution in [0.2, 0.25) is 40.2 Å². The van der Waals surface area contributed by atoms with Gasteiger partial charge < -0.3 is 5.32 Å². The minimum absolute atomic E-state index is 0.123. The number of benzene rings is 5. The van der Waals surface area contributed by atoms with E-state index < -0.39 is 7.31 Å². The molecule has 0 bridgehead atoms. The second kappa shape index (κ2) is 9.82. The first-order valence-electron chi connectivity index (χ1n) is 12.6. The van der Waals surface area contributed by atoms with E-state index in [0.717, 1.165) is 10.8 Å². The summed E-state index contributed by atoms with van der Waals surface area (Å²) in [5.74, 6) is -0.546. The molecule has 0 saturated carbocycles. The average Bonchev–Trinajstić information content (AvgIpc) is 3.63. The molecule has 0 radical (unpaired) electrons. The molecule has 0 aliphatic carbocycles. The first-order valence-corrected chi connectivity index (χ1v) is 17.9. The predicted molar refractivity (Wildman–Crippen MR) is 179 cm³/mol. The van der Waals surface area contributed by atoms with Crippen molar-refractivity contribution in [2.75, 3.05) is 14.1 Å². The van der Waals surface area contributed by atoms with Gasteiger partial charge in [0, 0.05) is 0 Å². The molecular weight excluding hydrogens is 761 g/mol. The maximum absolute atomic E-state index is 6.68. The third-order valence-electron chi connectivity index (χ3n) is 6.87. The summed E-state index contributed by atoms with van der Waals surface area (Å²) in [4.78, 5) is 0. The van der Waals surface area contributed by atoms with Crippen molar-refractivity contribution in [2.24, 2.45) is 0 Å². The number of halogens is 8. The topological polar surface area (TPSA) is 72.0 Å². The number of quaternary nitrogens is 1. The third kappa shape index (κ3) is 3.86. The molecule has 8 rings (SSSR count). The van der Waals surface area contributed by atoms with Gasteiger partial charge in [-0.05, 0) is 0 Å². The molecule has 44 heavy (non-hydrogen) atoms. The van der Waals surface area contributed by atoms with Crippen LogP contribution in [0, 0.1) is 0 Å². The van der Waals surface area contributed by atoms with Gasteiger partial charge in [0.1, 0.15) is 0 Å². The summed E-state index contributed by atoms with van der Waals surface area (Å²) in [6, 6.07) is 14.9. The normalized spacial score (nSPS) is 18.5. The Kier molecular flexibility index (Phi) is 6.87. The predicted octanol–water partition coefficient (Wildman–Crippen LogP) is 11.3. The average molecular weight is 777 g/mol. The number of fused-ring (bicyclic) bond motifs is 8. The van der Waals surface area contributed by atoms with Crippen LogP contribution >= 0.6 is 100 Å². The Balaban J connectivity index is 0.00000100. The molecule has 0 fully saturated rings. The van der Waals surface area contributed by atoms with Crippen molar-refractivity contribution in [2.45, 2.75) is 0 Å². The fourth-order valence-corrected chi connectivity index (χ4v) is 11.0. The first kappa shape index (κ1) is 30.8. The Morgan fingerprint density at radius 3 is 0.886 bits per heavy atom. The quantitative estimate of drug-likeness (QED) is 0.0731. The molecule has 3 aliphatic rings. The molecule has 0 saturated heterocycles. The molecular formula is C28H16Cl8NO6P. The maximum atomic E-state index is 6.68. The summed E-state index contributed by atoms with van der Waals surface area (Å²) < 4.78 is 39.2. The van der Waals surface area contributed by atoms with E-state index in [1.54, 1.807) is 0 Å². The SMILES string of the molecule is C[NH2+]C.Clc1c(Cl)c(Cl)c2c(c1Cl)O[P-]13(O2)(Oc2c(Cl)c(Cl)c(Cl)c(Cl)c2O1)Oc1c(c2ccccc2c2ccccc12)O3. The van der Waals surface area contributed by atoms with Crippen molar-refractivity contribution in [3.63, 3.8) is 0 Å². The second-order valence-electron chi connectivity index (χ2n) is 9.82. The fraction of sp³-hybridized carbons (Fsp3) is 0.0714. The van der Waals surface area contributed by atoms with E-state index in [1.165, 1.54) is 0 Å². The van der Waals surface area contributed by atoms with Crippen molar-refractivity contribution in [3.05, 3.63) is 88.7 Å². The van der Waals surface area contributed by atoms with Crippen LogP contribution in [-0.2, 0) is 0 Å². The van der Waals surface area contributed by atoms with Gasteiger partial charge in [0.2, 0.25) is 0 Å². The Morgan fingerprint density at radius 2 is 0.614 bits per heavy atom. The van der Waals surface area contributed by atoms with Gasteiger partial charge in [-0.1, -0.05) is 0 Å². The molecule has 5 aromatic rings. The van der Waals surface area contributed by atoms with Crippen molar-refractivity contribution in [3.8, 4) is 34.5 Å². The van der Waals surface area contributed by atoms with Crippen molar-refractivity contribution >= 4 is 122 Å². The summed E-state index contributed by atoms with van der Waals surface area (Å²) >= 11 is 51.8. The van der Waals surface area contributed by atoms with Gasteiger partial charge in [-0.2, -0.15) is 0 Å². The molecule has 0 aromatic heterocycles. The molecule has 2 N–H and O–H groups in total. The summed E-state index contributed by atoms with van der Waals surface area (Å²) in [6.45, 7) is 0. The van der Waals surface area contributed by atoms with Gasteiger partial charge in [-0.25, -0.2) is 0 Å². The van der Waals surface area contributed by atoms with Crippen LogP contribution in [0.15, 0.2) is 48.5 Å². The van der Waals surface area contributed by atoms with Gasteiger partial charge in [0.05, 0.1) is 14.1 Å². The molecule has 3 aliphatic heterocycles. The molecule has 16 heteroatoms. The van der Waals surface area contributed by atoms with Crippen molar-refractivity contribution in [1.82, 2.24) is 0 Å². The number of hydrogen-bond acceptors (Lipinski definition) is 6. The Bertz CT molecular complexity index is 1910. The number of nitrogens with two attached hydrogens (primary N) is 1. The Hall–Kier alpha value is -1.87. The Morgan fingerprint density at radius 1 is 0.386 bits per heavy atom. The van der Waals surface area contributed by atoms with Gasteiger partial charge in [0.15, 0.2) is 0 Å². The molecule has 1 spiro atoms. The number of hydrogen-bond donors (Lipinski definition) is 1. The molecule has 0 atom stereocenters. The van der Waals surface area contributed by atoms with Crippen LogP contribution < -0.4 is 32.5 Å². The van der Waals surface area contributed by atoms with Crippen LogP contribution in [0.5, 0.6) is 34.5 Å². The molecule has 5 aromatic carbocycles. The van der Waals surface area contributed by atoms with E-state index >= 15 is 0 Å². The van der Waals surface area contributed by atoms with Crippen LogP contribution in [0.1, 0.15) is 0 Å². The zero-order chi connectivity index (χ0) is 31.4. The van der Waals surface area contributed by atoms with Gasteiger partial charge in [-0.3, -0.25) is 0 Å². The van der Waals surface area contributed by atoms with Crippen LogP contribution in [-0.4, -0.2) is 14.1 Å². The summed E-state index contributed by atoms with van der Waals surface area (Å²) in [5, 5.41) is 3.69. The zero-order valence-corrected chi connectivity index (χ0v) is 29.1. The van der Waals surface area contributed by atoms with E-state index in [1.807, 2.05) is 67.9 Å².